The van der Waals surface area contributed by atoms with Crippen LogP contribution in [0.3, 0.4) is 0 Å². The molecule has 4 nitrogen and oxygen atoms in total. The fourth-order valence-electron chi connectivity index (χ4n) is 2.97. The lowest BCUT2D eigenvalue weighted by atomic mass is 10.1. The topological polar surface area (TPSA) is 46.4 Å². The van der Waals surface area contributed by atoms with Crippen LogP contribution in [0.15, 0.2) is 73.1 Å². The molecule has 4 heteroatoms. The molecule has 0 aliphatic rings. The van der Waals surface area contributed by atoms with E-state index in [1.807, 2.05) is 72.2 Å². The minimum Gasteiger partial charge on any atom is -0.322 e. The molecule has 0 aliphatic carbocycles. The van der Waals surface area contributed by atoms with Crippen LogP contribution in [0.25, 0.3) is 16.9 Å². The van der Waals surface area contributed by atoms with Gasteiger partial charge in [-0.25, -0.2) is 4.98 Å². The second kappa shape index (κ2) is 6.48. The molecule has 4 aromatic rings. The number of nitrogens with one attached hydrogen (secondary N) is 1. The van der Waals surface area contributed by atoms with E-state index in [1.165, 1.54) is 5.56 Å². The number of imidazole rings is 1. The normalized spacial score (nSPS) is 10.8. The van der Waals surface area contributed by atoms with Gasteiger partial charge in [0.05, 0.1) is 5.69 Å². The summed E-state index contributed by atoms with van der Waals surface area (Å²) in [6, 6.07) is 19.4. The number of amides is 1. The second-order valence-electron chi connectivity index (χ2n) is 6.44. The van der Waals surface area contributed by atoms with Gasteiger partial charge in [-0.3, -0.25) is 4.79 Å². The summed E-state index contributed by atoms with van der Waals surface area (Å²) in [5.74, 6) is -0.0981. The molecule has 0 radical (unpaired) electrons. The smallest absolute Gasteiger partial charge is 0.255 e. The first-order valence-electron chi connectivity index (χ1n) is 8.53. The van der Waals surface area contributed by atoms with Crippen molar-refractivity contribution in [1.82, 2.24) is 9.38 Å². The van der Waals surface area contributed by atoms with Gasteiger partial charge >= 0.3 is 0 Å². The van der Waals surface area contributed by atoms with Crippen molar-refractivity contribution in [2.45, 2.75) is 13.8 Å². The predicted octanol–water partition coefficient (Wildman–Crippen LogP) is 4.87. The number of fused-ring (bicyclic) bond motifs is 1. The van der Waals surface area contributed by atoms with Gasteiger partial charge in [0.2, 0.25) is 0 Å². The van der Waals surface area contributed by atoms with Crippen LogP contribution >= 0.6 is 0 Å². The molecule has 0 bridgehead atoms. The highest BCUT2D eigenvalue weighted by molar-refractivity contribution is 6.05. The molecule has 0 saturated carbocycles. The minimum atomic E-state index is -0.0981. The first kappa shape index (κ1) is 16.1. The predicted molar refractivity (Wildman–Crippen MR) is 104 cm³/mol. The van der Waals surface area contributed by atoms with Gasteiger partial charge < -0.3 is 9.72 Å². The summed E-state index contributed by atoms with van der Waals surface area (Å²) in [4.78, 5) is 17.1. The first-order chi connectivity index (χ1) is 12.6. The number of hydrogen-bond donors (Lipinski definition) is 1. The van der Waals surface area contributed by atoms with Crippen molar-refractivity contribution in [1.29, 1.82) is 0 Å². The van der Waals surface area contributed by atoms with E-state index in [0.29, 0.717) is 5.56 Å². The van der Waals surface area contributed by atoms with Gasteiger partial charge in [0, 0.05) is 29.2 Å². The second-order valence-corrected chi connectivity index (χ2v) is 6.44. The van der Waals surface area contributed by atoms with Crippen LogP contribution in [0.4, 0.5) is 5.69 Å². The molecule has 0 unspecified atom stereocenters. The average molecular weight is 341 g/mol. The van der Waals surface area contributed by atoms with Gasteiger partial charge in [-0.05, 0) is 55.3 Å². The largest absolute Gasteiger partial charge is 0.322 e. The van der Waals surface area contributed by atoms with E-state index >= 15 is 0 Å². The fourth-order valence-corrected chi connectivity index (χ4v) is 2.97. The molecule has 4 rings (SSSR count). The Morgan fingerprint density at radius 1 is 1.00 bits per heavy atom. The third-order valence-electron chi connectivity index (χ3n) is 4.44. The highest BCUT2D eigenvalue weighted by atomic mass is 16.1. The molecule has 2 aromatic carbocycles. The van der Waals surface area contributed by atoms with Crippen molar-refractivity contribution in [2.75, 3.05) is 5.32 Å². The summed E-state index contributed by atoms with van der Waals surface area (Å²) in [5, 5.41) is 2.95. The number of carbonyl (C=O) groups is 1. The molecule has 0 spiro atoms. The maximum absolute atomic E-state index is 12.4. The first-order valence-corrected chi connectivity index (χ1v) is 8.53. The zero-order valence-corrected chi connectivity index (χ0v) is 14.7. The van der Waals surface area contributed by atoms with E-state index in [4.69, 9.17) is 0 Å². The monoisotopic (exact) mass is 341 g/mol. The van der Waals surface area contributed by atoms with E-state index in [2.05, 4.69) is 29.4 Å². The summed E-state index contributed by atoms with van der Waals surface area (Å²) in [6.07, 6.45) is 4.02. The quantitative estimate of drug-likeness (QED) is 0.578. The third-order valence-corrected chi connectivity index (χ3v) is 4.44. The number of aromatic nitrogens is 2. The highest BCUT2D eigenvalue weighted by Crippen LogP contribution is 2.22. The number of carbonyl (C=O) groups excluding carboxylic acids is 1. The van der Waals surface area contributed by atoms with Gasteiger partial charge in [0.1, 0.15) is 5.65 Å². The number of anilines is 1. The molecule has 1 N–H and O–H groups in total. The Morgan fingerprint density at radius 2 is 1.77 bits per heavy atom. The van der Waals surface area contributed by atoms with Crippen molar-refractivity contribution in [3.05, 3.63) is 89.7 Å². The number of hydrogen-bond acceptors (Lipinski definition) is 2. The van der Waals surface area contributed by atoms with Gasteiger partial charge in [0.25, 0.3) is 5.91 Å². The van der Waals surface area contributed by atoms with Crippen LogP contribution in [0.2, 0.25) is 0 Å². The van der Waals surface area contributed by atoms with Crippen LogP contribution in [0.1, 0.15) is 21.5 Å². The van der Waals surface area contributed by atoms with E-state index in [9.17, 15) is 4.79 Å². The molecular weight excluding hydrogens is 322 g/mol. The maximum Gasteiger partial charge on any atom is 0.255 e. The van der Waals surface area contributed by atoms with Gasteiger partial charge in [0.15, 0.2) is 0 Å². The summed E-state index contributed by atoms with van der Waals surface area (Å²) in [5.41, 5.74) is 6.45. The van der Waals surface area contributed by atoms with Crippen molar-refractivity contribution in [3.63, 3.8) is 0 Å². The molecule has 2 heterocycles. The van der Waals surface area contributed by atoms with E-state index in [-0.39, 0.29) is 5.91 Å². The molecule has 0 atom stereocenters. The molecule has 0 aliphatic heterocycles. The Morgan fingerprint density at radius 3 is 2.54 bits per heavy atom. The summed E-state index contributed by atoms with van der Waals surface area (Å²) in [7, 11) is 0. The molecule has 0 fully saturated rings. The number of rotatable bonds is 3. The van der Waals surface area contributed by atoms with Gasteiger partial charge in [-0.2, -0.15) is 0 Å². The molecule has 0 saturated heterocycles. The number of aryl methyl sites for hydroxylation is 2. The summed E-state index contributed by atoms with van der Waals surface area (Å²) < 4.78 is 2.01. The van der Waals surface area contributed by atoms with Crippen LogP contribution in [-0.2, 0) is 0 Å². The van der Waals surface area contributed by atoms with Crippen molar-refractivity contribution in [2.24, 2.45) is 0 Å². The zero-order chi connectivity index (χ0) is 18.1. The summed E-state index contributed by atoms with van der Waals surface area (Å²) >= 11 is 0. The minimum absolute atomic E-state index is 0.0981. The molecule has 26 heavy (non-hydrogen) atoms. The SMILES string of the molecule is Cc1ccn2cc(-c3ccc(NC(=O)c4ccccc4C)cc3)nc2c1. The van der Waals surface area contributed by atoms with Crippen molar-refractivity contribution >= 4 is 17.2 Å². The van der Waals surface area contributed by atoms with Gasteiger partial charge in [-0.1, -0.05) is 30.3 Å². The molecule has 1 amide bonds. The van der Waals surface area contributed by atoms with E-state index < -0.39 is 0 Å². The van der Waals surface area contributed by atoms with E-state index in [1.54, 1.807) is 0 Å². The Labute approximate surface area is 152 Å². The molecule has 2 aromatic heterocycles. The lowest BCUT2D eigenvalue weighted by molar-refractivity contribution is 0.102. The third kappa shape index (κ3) is 3.09. The van der Waals surface area contributed by atoms with Crippen molar-refractivity contribution < 1.29 is 4.79 Å². The lowest BCUT2D eigenvalue weighted by Crippen LogP contribution is -2.13. The lowest BCUT2D eigenvalue weighted by Gasteiger charge is -2.08. The molecule has 128 valence electrons. The molecular formula is C22H19N3O. The van der Waals surface area contributed by atoms with Crippen LogP contribution in [-0.4, -0.2) is 15.3 Å². The van der Waals surface area contributed by atoms with Crippen LogP contribution < -0.4 is 5.32 Å². The Hall–Kier alpha value is -3.40. The number of nitrogens with zero attached hydrogens (tertiary/aromatic N) is 2. The fraction of sp³-hybridized carbons (Fsp3) is 0.0909. The van der Waals surface area contributed by atoms with E-state index in [0.717, 1.165) is 28.2 Å². The van der Waals surface area contributed by atoms with Crippen molar-refractivity contribution in [3.8, 4) is 11.3 Å². The zero-order valence-electron chi connectivity index (χ0n) is 14.7. The van der Waals surface area contributed by atoms with Crippen LogP contribution in [0, 0.1) is 13.8 Å². The number of pyridine rings is 1. The maximum atomic E-state index is 12.4. The van der Waals surface area contributed by atoms with Crippen LogP contribution in [0.5, 0.6) is 0 Å². The Kier molecular flexibility index (Phi) is 4.01. The average Bonchev–Trinajstić information content (AvgIpc) is 3.05. The standard InChI is InChI=1S/C22H19N3O/c1-15-11-12-25-14-20(24-21(25)13-15)17-7-9-18(10-8-17)23-22(26)19-6-4-3-5-16(19)2/h3-14H,1-2H3,(H,23,26). The Bertz CT molecular complexity index is 1090. The highest BCUT2D eigenvalue weighted by Gasteiger charge is 2.09. The number of benzene rings is 2. The Balaban J connectivity index is 1.56. The van der Waals surface area contributed by atoms with Gasteiger partial charge in [-0.15, -0.1) is 0 Å². The summed E-state index contributed by atoms with van der Waals surface area (Å²) in [6.45, 7) is 3.99.